The summed E-state index contributed by atoms with van der Waals surface area (Å²) < 4.78 is 11.3. The first-order valence-electron chi connectivity index (χ1n) is 6.50. The van der Waals surface area contributed by atoms with Crippen LogP contribution in [0.4, 0.5) is 0 Å². The summed E-state index contributed by atoms with van der Waals surface area (Å²) in [6, 6.07) is 6.02. The minimum atomic E-state index is -0.275. The van der Waals surface area contributed by atoms with E-state index < -0.39 is 0 Å². The topological polar surface area (TPSA) is 38.7 Å². The van der Waals surface area contributed by atoms with Gasteiger partial charge >= 0.3 is 0 Å². The van der Waals surface area contributed by atoms with Crippen molar-refractivity contribution in [3.05, 3.63) is 23.8 Å². The molecule has 2 rings (SSSR count). The average molecular weight is 250 g/mol. The Labute approximate surface area is 109 Å². The minimum absolute atomic E-state index is 0.0499. The molecule has 18 heavy (non-hydrogen) atoms. The molecule has 1 fully saturated rings. The maximum atomic E-state index is 9.72. The lowest BCUT2D eigenvalue weighted by Gasteiger charge is -2.48. The second-order valence-corrected chi connectivity index (χ2v) is 5.52. The van der Waals surface area contributed by atoms with Crippen molar-refractivity contribution in [2.45, 2.75) is 45.8 Å². The summed E-state index contributed by atoms with van der Waals surface area (Å²) in [7, 11) is 1.66. The fourth-order valence-corrected chi connectivity index (χ4v) is 2.25. The summed E-state index contributed by atoms with van der Waals surface area (Å²) in [5, 5.41) is 9.72. The van der Waals surface area contributed by atoms with Gasteiger partial charge in [-0.3, -0.25) is 0 Å². The first-order valence-corrected chi connectivity index (χ1v) is 6.50. The summed E-state index contributed by atoms with van der Waals surface area (Å²) in [4.78, 5) is 0. The number of benzene rings is 1. The maximum Gasteiger partial charge on any atom is 0.161 e. The summed E-state index contributed by atoms with van der Waals surface area (Å²) >= 11 is 0. The van der Waals surface area contributed by atoms with E-state index in [9.17, 15) is 5.11 Å². The third-order valence-electron chi connectivity index (χ3n) is 4.03. The van der Waals surface area contributed by atoms with Crippen molar-refractivity contribution < 1.29 is 14.6 Å². The molecule has 0 amide bonds. The van der Waals surface area contributed by atoms with Crippen LogP contribution in [0, 0.1) is 5.41 Å². The molecule has 1 N–H and O–H groups in total. The Morgan fingerprint density at radius 2 is 2.06 bits per heavy atom. The van der Waals surface area contributed by atoms with Crippen LogP contribution < -0.4 is 9.47 Å². The highest BCUT2D eigenvalue weighted by Gasteiger charge is 2.49. The molecule has 0 aromatic heterocycles. The number of hydrogen-bond acceptors (Lipinski definition) is 3. The third-order valence-corrected chi connectivity index (χ3v) is 4.03. The molecule has 1 aromatic carbocycles. The molecule has 2 atom stereocenters. The van der Waals surface area contributed by atoms with E-state index in [0.29, 0.717) is 6.42 Å². The Bertz CT molecular complexity index is 426. The molecule has 3 nitrogen and oxygen atoms in total. The fraction of sp³-hybridized carbons (Fsp3) is 0.600. The van der Waals surface area contributed by atoms with Gasteiger partial charge in [0.2, 0.25) is 0 Å². The highest BCUT2D eigenvalue weighted by atomic mass is 16.5. The van der Waals surface area contributed by atoms with Crippen molar-refractivity contribution in [2.75, 3.05) is 7.11 Å². The molecule has 2 unspecified atom stereocenters. The zero-order valence-electron chi connectivity index (χ0n) is 11.6. The molecule has 0 heterocycles. The van der Waals surface area contributed by atoms with Gasteiger partial charge in [-0.25, -0.2) is 0 Å². The molecule has 1 aliphatic rings. The summed E-state index contributed by atoms with van der Waals surface area (Å²) in [5.74, 6) is 1.53. The highest BCUT2D eigenvalue weighted by molar-refractivity contribution is 5.43. The van der Waals surface area contributed by atoms with Crippen molar-refractivity contribution in [3.63, 3.8) is 0 Å². The SMILES string of the molecule is CCc1ccc(OC2CC(O)C2(C)C)c(OC)c1. The summed E-state index contributed by atoms with van der Waals surface area (Å²) in [5.41, 5.74) is 1.04. The lowest BCUT2D eigenvalue weighted by atomic mass is 9.66. The average Bonchev–Trinajstić information content (AvgIpc) is 2.38. The summed E-state index contributed by atoms with van der Waals surface area (Å²) in [6.07, 6.45) is 1.44. The van der Waals surface area contributed by atoms with Crippen LogP contribution in [-0.4, -0.2) is 24.4 Å². The number of hydrogen-bond donors (Lipinski definition) is 1. The first-order chi connectivity index (χ1) is 8.48. The number of aryl methyl sites for hydroxylation is 1. The Kier molecular flexibility index (Phi) is 3.53. The molecule has 0 radical (unpaired) electrons. The largest absolute Gasteiger partial charge is 0.493 e. The van der Waals surface area contributed by atoms with E-state index in [1.54, 1.807) is 7.11 Å². The Balaban J connectivity index is 2.15. The van der Waals surface area contributed by atoms with Gasteiger partial charge in [0.05, 0.1) is 13.2 Å². The quantitative estimate of drug-likeness (QED) is 0.893. The predicted molar refractivity (Wildman–Crippen MR) is 71.2 cm³/mol. The Hall–Kier alpha value is -1.22. The van der Waals surface area contributed by atoms with Crippen LogP contribution in [0.5, 0.6) is 11.5 Å². The van der Waals surface area contributed by atoms with Gasteiger partial charge < -0.3 is 14.6 Å². The lowest BCUT2D eigenvalue weighted by molar-refractivity contribution is -0.135. The zero-order chi connectivity index (χ0) is 13.3. The Morgan fingerprint density at radius 3 is 2.56 bits per heavy atom. The second-order valence-electron chi connectivity index (χ2n) is 5.52. The lowest BCUT2D eigenvalue weighted by Crippen LogP contribution is -2.56. The molecule has 0 bridgehead atoms. The second kappa shape index (κ2) is 4.81. The van der Waals surface area contributed by atoms with Gasteiger partial charge in [-0.2, -0.15) is 0 Å². The van der Waals surface area contributed by atoms with Gasteiger partial charge in [0.1, 0.15) is 6.10 Å². The summed E-state index contributed by atoms with van der Waals surface area (Å²) in [6.45, 7) is 6.16. The van der Waals surface area contributed by atoms with E-state index >= 15 is 0 Å². The zero-order valence-corrected chi connectivity index (χ0v) is 11.6. The van der Waals surface area contributed by atoms with Crippen molar-refractivity contribution in [2.24, 2.45) is 5.41 Å². The molecule has 1 saturated carbocycles. The molecular formula is C15H22O3. The van der Waals surface area contributed by atoms with E-state index in [0.717, 1.165) is 17.9 Å². The molecule has 100 valence electrons. The van der Waals surface area contributed by atoms with Gasteiger partial charge in [0, 0.05) is 11.8 Å². The number of aliphatic hydroxyl groups excluding tert-OH is 1. The molecule has 0 spiro atoms. The number of methoxy groups -OCH3 is 1. The van der Waals surface area contributed by atoms with Crippen LogP contribution in [0.25, 0.3) is 0 Å². The van der Waals surface area contributed by atoms with Crippen LogP contribution in [0.1, 0.15) is 32.8 Å². The molecule has 0 aliphatic heterocycles. The number of aliphatic hydroxyl groups is 1. The van der Waals surface area contributed by atoms with Gasteiger partial charge in [0.25, 0.3) is 0 Å². The van der Waals surface area contributed by atoms with Gasteiger partial charge in [0.15, 0.2) is 11.5 Å². The Morgan fingerprint density at radius 1 is 1.33 bits per heavy atom. The molecule has 0 saturated heterocycles. The van der Waals surface area contributed by atoms with Crippen LogP contribution in [0.3, 0.4) is 0 Å². The highest BCUT2D eigenvalue weighted by Crippen LogP contribution is 2.44. The molecular weight excluding hydrogens is 228 g/mol. The molecule has 1 aliphatic carbocycles. The van der Waals surface area contributed by atoms with Gasteiger partial charge in [-0.15, -0.1) is 0 Å². The van der Waals surface area contributed by atoms with E-state index in [-0.39, 0.29) is 17.6 Å². The van der Waals surface area contributed by atoms with Crippen LogP contribution in [0.2, 0.25) is 0 Å². The van der Waals surface area contributed by atoms with Gasteiger partial charge in [-0.05, 0) is 24.1 Å². The van der Waals surface area contributed by atoms with Crippen molar-refractivity contribution >= 4 is 0 Å². The van der Waals surface area contributed by atoms with Crippen LogP contribution >= 0.6 is 0 Å². The van der Waals surface area contributed by atoms with Crippen molar-refractivity contribution in [3.8, 4) is 11.5 Å². The van der Waals surface area contributed by atoms with E-state index in [1.165, 1.54) is 5.56 Å². The minimum Gasteiger partial charge on any atom is -0.493 e. The van der Waals surface area contributed by atoms with E-state index in [4.69, 9.17) is 9.47 Å². The number of rotatable bonds is 4. The molecule has 3 heteroatoms. The van der Waals surface area contributed by atoms with Crippen molar-refractivity contribution in [1.29, 1.82) is 0 Å². The van der Waals surface area contributed by atoms with Crippen LogP contribution in [0.15, 0.2) is 18.2 Å². The van der Waals surface area contributed by atoms with E-state index in [2.05, 4.69) is 13.0 Å². The van der Waals surface area contributed by atoms with E-state index in [1.807, 2.05) is 26.0 Å². The smallest absolute Gasteiger partial charge is 0.161 e. The normalized spacial score (nSPS) is 25.4. The maximum absolute atomic E-state index is 9.72. The van der Waals surface area contributed by atoms with Gasteiger partial charge in [-0.1, -0.05) is 26.8 Å². The van der Waals surface area contributed by atoms with Crippen molar-refractivity contribution in [1.82, 2.24) is 0 Å². The first kappa shape index (κ1) is 13.2. The molecule has 1 aromatic rings. The predicted octanol–water partition coefficient (Wildman–Crippen LogP) is 2.80. The third kappa shape index (κ3) is 2.19. The monoisotopic (exact) mass is 250 g/mol. The fourth-order valence-electron chi connectivity index (χ4n) is 2.25. The van der Waals surface area contributed by atoms with Crippen LogP contribution in [-0.2, 0) is 6.42 Å². The number of ether oxygens (including phenoxy) is 2. The standard InChI is InChI=1S/C15H22O3/c1-5-10-6-7-11(12(8-10)17-4)18-14-9-13(16)15(14,2)3/h6-8,13-14,16H,5,9H2,1-4H3.